The van der Waals surface area contributed by atoms with Crippen LogP contribution in [-0.4, -0.2) is 52.0 Å². The number of carbonyl (C=O) groups is 1. The second-order valence-electron chi connectivity index (χ2n) is 7.81. The lowest BCUT2D eigenvalue weighted by Gasteiger charge is -2.32. The molecule has 32 heavy (non-hydrogen) atoms. The Balaban J connectivity index is 1.45. The van der Waals surface area contributed by atoms with E-state index in [1.165, 1.54) is 23.8 Å². The van der Waals surface area contributed by atoms with E-state index in [-0.39, 0.29) is 16.8 Å². The Kier molecular flexibility index (Phi) is 8.44. The fourth-order valence-electron chi connectivity index (χ4n) is 3.72. The molecule has 0 atom stereocenters. The van der Waals surface area contributed by atoms with Crippen LogP contribution in [0.5, 0.6) is 5.75 Å². The van der Waals surface area contributed by atoms with Gasteiger partial charge in [0.05, 0.1) is 12.0 Å². The van der Waals surface area contributed by atoms with E-state index in [4.69, 9.17) is 4.74 Å². The molecule has 2 aromatic carbocycles. The van der Waals surface area contributed by atoms with Gasteiger partial charge in [0, 0.05) is 38.3 Å². The quantitative estimate of drug-likeness (QED) is 0.566. The number of carbonyl (C=O) groups excluding carboxylic acids is 1. The minimum atomic E-state index is -3.47. The van der Waals surface area contributed by atoms with Crippen molar-refractivity contribution in [2.45, 2.75) is 37.2 Å². The molecule has 3 rings (SSSR count). The van der Waals surface area contributed by atoms with Crippen LogP contribution in [0.25, 0.3) is 6.08 Å². The number of nitrogens with zero attached hydrogens (tertiary/aromatic N) is 1. The van der Waals surface area contributed by atoms with E-state index in [0.29, 0.717) is 6.54 Å². The van der Waals surface area contributed by atoms with Gasteiger partial charge in [-0.05, 0) is 54.3 Å². The molecule has 0 aliphatic carbocycles. The normalized spacial score (nSPS) is 15.7. The Hall–Kier alpha value is -2.68. The summed E-state index contributed by atoms with van der Waals surface area (Å²) >= 11 is 0. The van der Waals surface area contributed by atoms with E-state index in [9.17, 15) is 13.2 Å². The Bertz CT molecular complexity index is 1030. The van der Waals surface area contributed by atoms with Gasteiger partial charge in [-0.2, -0.15) is 0 Å². The monoisotopic (exact) mass is 457 g/mol. The number of methoxy groups -OCH3 is 1. The van der Waals surface area contributed by atoms with Crippen LogP contribution in [-0.2, 0) is 21.4 Å². The van der Waals surface area contributed by atoms with Crippen molar-refractivity contribution in [1.82, 2.24) is 14.9 Å². The number of hydrogen-bond donors (Lipinski definition) is 2. The molecule has 1 fully saturated rings. The summed E-state index contributed by atoms with van der Waals surface area (Å²) in [4.78, 5) is 14.9. The number of ether oxygens (including phenoxy) is 1. The number of rotatable bonds is 9. The van der Waals surface area contributed by atoms with Crippen molar-refractivity contribution in [2.24, 2.45) is 0 Å². The molecule has 172 valence electrons. The van der Waals surface area contributed by atoms with E-state index in [2.05, 4.69) is 27.1 Å². The molecular weight excluding hydrogens is 426 g/mol. The topological polar surface area (TPSA) is 87.7 Å². The van der Waals surface area contributed by atoms with Gasteiger partial charge in [0.25, 0.3) is 0 Å². The van der Waals surface area contributed by atoms with Gasteiger partial charge in [-0.15, -0.1) is 0 Å². The zero-order valence-corrected chi connectivity index (χ0v) is 19.4. The fraction of sp³-hybridized carbons (Fsp3) is 0.375. The van der Waals surface area contributed by atoms with Crippen molar-refractivity contribution in [3.8, 4) is 5.75 Å². The highest BCUT2D eigenvalue weighted by Gasteiger charge is 2.20. The summed E-state index contributed by atoms with van der Waals surface area (Å²) in [6.07, 6.45) is 4.99. The third kappa shape index (κ3) is 6.91. The first-order chi connectivity index (χ1) is 15.4. The van der Waals surface area contributed by atoms with E-state index in [1.807, 2.05) is 12.1 Å². The lowest BCUT2D eigenvalue weighted by molar-refractivity contribution is -0.117. The highest BCUT2D eigenvalue weighted by atomic mass is 32.2. The number of likely N-dealkylation sites (tertiary alicyclic amines) is 1. The van der Waals surface area contributed by atoms with Gasteiger partial charge in [0.15, 0.2) is 0 Å². The maximum absolute atomic E-state index is 12.3. The highest BCUT2D eigenvalue weighted by Crippen LogP contribution is 2.18. The zero-order chi connectivity index (χ0) is 23.0. The molecule has 0 radical (unpaired) electrons. The molecule has 1 aliphatic heterocycles. The first kappa shape index (κ1) is 24.0. The molecular formula is C24H31N3O4S. The molecule has 0 unspecified atom stereocenters. The molecule has 0 aromatic heterocycles. The van der Waals surface area contributed by atoms with Crippen LogP contribution in [0.3, 0.4) is 0 Å². The van der Waals surface area contributed by atoms with E-state index in [1.54, 1.807) is 32.2 Å². The summed E-state index contributed by atoms with van der Waals surface area (Å²) in [5.41, 5.74) is 1.99. The second-order valence-corrected chi connectivity index (χ2v) is 9.58. The number of amides is 1. The Labute approximate surface area is 190 Å². The lowest BCUT2D eigenvalue weighted by atomic mass is 10.0. The second kappa shape index (κ2) is 11.3. The van der Waals surface area contributed by atoms with Gasteiger partial charge in [-0.1, -0.05) is 31.2 Å². The summed E-state index contributed by atoms with van der Waals surface area (Å²) < 4.78 is 31.7. The Morgan fingerprint density at radius 1 is 1.16 bits per heavy atom. The minimum absolute atomic E-state index is 0.138. The highest BCUT2D eigenvalue weighted by molar-refractivity contribution is 7.89. The Morgan fingerprint density at radius 3 is 2.53 bits per heavy atom. The number of hydrogen-bond acceptors (Lipinski definition) is 5. The summed E-state index contributed by atoms with van der Waals surface area (Å²) in [5, 5.41) is 3.07. The fourth-order valence-corrected chi connectivity index (χ4v) is 4.76. The van der Waals surface area contributed by atoms with Gasteiger partial charge >= 0.3 is 0 Å². The van der Waals surface area contributed by atoms with Crippen molar-refractivity contribution in [3.63, 3.8) is 0 Å². The maximum atomic E-state index is 12.3. The van der Waals surface area contributed by atoms with Crippen LogP contribution in [0.15, 0.2) is 59.5 Å². The average Bonchev–Trinajstić information content (AvgIpc) is 2.79. The summed E-state index contributed by atoms with van der Waals surface area (Å²) in [6.45, 7) is 4.79. The molecule has 1 saturated heterocycles. The molecule has 1 heterocycles. The molecule has 1 aliphatic rings. The predicted octanol–water partition coefficient (Wildman–Crippen LogP) is 2.79. The summed E-state index contributed by atoms with van der Waals surface area (Å²) in [5.74, 6) is 0.728. The molecule has 2 N–H and O–H groups in total. The number of nitrogens with one attached hydrogen (secondary N) is 2. The molecule has 1 amide bonds. The molecule has 2 aromatic rings. The summed E-state index contributed by atoms with van der Waals surface area (Å²) in [7, 11) is -1.80. The van der Waals surface area contributed by atoms with Crippen LogP contribution in [0, 0.1) is 0 Å². The van der Waals surface area contributed by atoms with Gasteiger partial charge in [0.1, 0.15) is 5.75 Å². The van der Waals surface area contributed by atoms with E-state index >= 15 is 0 Å². The molecule has 0 bridgehead atoms. The molecule has 8 heteroatoms. The van der Waals surface area contributed by atoms with Gasteiger partial charge in [-0.25, -0.2) is 13.1 Å². The third-order valence-electron chi connectivity index (χ3n) is 5.43. The van der Waals surface area contributed by atoms with E-state index < -0.39 is 10.0 Å². The van der Waals surface area contributed by atoms with Crippen LogP contribution < -0.4 is 14.8 Å². The maximum Gasteiger partial charge on any atom is 0.244 e. The largest absolute Gasteiger partial charge is 0.497 e. The lowest BCUT2D eigenvalue weighted by Crippen LogP contribution is -2.43. The summed E-state index contributed by atoms with van der Waals surface area (Å²) in [6, 6.07) is 14.7. The SMILES string of the molecule is CCNS(=O)(=O)c1ccc(C=CC(=O)NC2CCN(Cc3cccc(OC)c3)CC2)cc1. The van der Waals surface area contributed by atoms with Crippen LogP contribution in [0.4, 0.5) is 0 Å². The van der Waals surface area contributed by atoms with Gasteiger partial charge < -0.3 is 10.1 Å². The predicted molar refractivity (Wildman–Crippen MR) is 126 cm³/mol. The third-order valence-corrected chi connectivity index (χ3v) is 6.99. The van der Waals surface area contributed by atoms with E-state index in [0.717, 1.165) is 43.8 Å². The van der Waals surface area contributed by atoms with Crippen LogP contribution >= 0.6 is 0 Å². The minimum Gasteiger partial charge on any atom is -0.497 e. The first-order valence-corrected chi connectivity index (χ1v) is 12.3. The van der Waals surface area contributed by atoms with Crippen LogP contribution in [0.2, 0.25) is 0 Å². The van der Waals surface area contributed by atoms with Gasteiger partial charge in [-0.3, -0.25) is 9.69 Å². The van der Waals surface area contributed by atoms with Crippen LogP contribution in [0.1, 0.15) is 30.9 Å². The first-order valence-electron chi connectivity index (χ1n) is 10.8. The van der Waals surface area contributed by atoms with Crippen molar-refractivity contribution < 1.29 is 17.9 Å². The van der Waals surface area contributed by atoms with Crippen molar-refractivity contribution in [1.29, 1.82) is 0 Å². The number of piperidine rings is 1. The number of benzene rings is 2. The standard InChI is InChI=1S/C24H31N3O4S/c1-3-25-32(29,30)23-10-7-19(8-11-23)9-12-24(28)26-21-13-15-27(16-14-21)18-20-5-4-6-22(17-20)31-2/h4-12,17,21,25H,3,13-16,18H2,1-2H3,(H,26,28). The average molecular weight is 458 g/mol. The zero-order valence-electron chi connectivity index (χ0n) is 18.6. The molecule has 7 nitrogen and oxygen atoms in total. The number of sulfonamides is 1. The van der Waals surface area contributed by atoms with Gasteiger partial charge in [0.2, 0.25) is 15.9 Å². The smallest absolute Gasteiger partial charge is 0.244 e. The Morgan fingerprint density at radius 2 is 1.88 bits per heavy atom. The van der Waals surface area contributed by atoms with Crippen molar-refractivity contribution in [3.05, 3.63) is 65.7 Å². The van der Waals surface area contributed by atoms with Crippen molar-refractivity contribution in [2.75, 3.05) is 26.7 Å². The molecule has 0 spiro atoms. The van der Waals surface area contributed by atoms with Crippen molar-refractivity contribution >= 4 is 22.0 Å². The molecule has 0 saturated carbocycles.